The first-order chi connectivity index (χ1) is 6.00. The van der Waals surface area contributed by atoms with Crippen LogP contribution in [0.2, 0.25) is 0 Å². The van der Waals surface area contributed by atoms with Gasteiger partial charge >= 0.3 is 0 Å². The van der Waals surface area contributed by atoms with Gasteiger partial charge < -0.3 is 0 Å². The highest BCUT2D eigenvalue weighted by Crippen LogP contribution is 1.97. The van der Waals surface area contributed by atoms with E-state index in [1.54, 1.807) is 0 Å². The van der Waals surface area contributed by atoms with Crippen molar-refractivity contribution < 1.29 is 0 Å². The van der Waals surface area contributed by atoms with Gasteiger partial charge in [-0.3, -0.25) is 0 Å². The van der Waals surface area contributed by atoms with Crippen LogP contribution in [0, 0.1) is 6.42 Å². The van der Waals surface area contributed by atoms with Crippen molar-refractivity contribution in [2.45, 2.75) is 19.3 Å². The molecular formula is C12H15. The van der Waals surface area contributed by atoms with Crippen LogP contribution in [-0.4, -0.2) is 0 Å². The van der Waals surface area contributed by atoms with Crippen LogP contribution in [0.4, 0.5) is 0 Å². The van der Waals surface area contributed by atoms with Crippen LogP contribution in [-0.2, 0) is 0 Å². The molecule has 0 bridgehead atoms. The highest BCUT2D eigenvalue weighted by Gasteiger charge is 1.78. The number of rotatable bonds is 0. The molecule has 0 fully saturated rings. The van der Waals surface area contributed by atoms with Crippen molar-refractivity contribution in [3.63, 3.8) is 0 Å². The minimum Gasteiger partial charge on any atom is -0.0844 e. The standard InChI is InChI=1S/C12H15/c1-2-4-6-8-10-12-11-9-7-5-3-1/h1-4,7-11H,5-6,12H2/b3-1-,4-2+,10-8-,11-9-. The lowest BCUT2D eigenvalue weighted by Gasteiger charge is -1.87. The van der Waals surface area contributed by atoms with Gasteiger partial charge in [0.2, 0.25) is 0 Å². The smallest absolute Gasteiger partial charge is 0.0133 e. The van der Waals surface area contributed by atoms with Gasteiger partial charge in [-0.25, -0.2) is 0 Å². The molecule has 0 nitrogen and oxygen atoms in total. The largest absolute Gasteiger partial charge is 0.0844 e. The summed E-state index contributed by atoms with van der Waals surface area (Å²) in [4.78, 5) is 0. The maximum Gasteiger partial charge on any atom is -0.0133 e. The van der Waals surface area contributed by atoms with Crippen LogP contribution in [0.5, 0.6) is 0 Å². The number of hydrogen-bond acceptors (Lipinski definition) is 0. The Kier molecular flexibility index (Phi) is 5.02. The zero-order chi connectivity index (χ0) is 8.49. The lowest BCUT2D eigenvalue weighted by molar-refractivity contribution is 1.25. The van der Waals surface area contributed by atoms with E-state index >= 15 is 0 Å². The average molecular weight is 159 g/mol. The van der Waals surface area contributed by atoms with Crippen LogP contribution in [0.3, 0.4) is 0 Å². The topological polar surface area (TPSA) is 0 Å². The summed E-state index contributed by atoms with van der Waals surface area (Å²) in [5.41, 5.74) is 0. The maximum absolute atomic E-state index is 2.19. The molecule has 0 aromatic rings. The summed E-state index contributed by atoms with van der Waals surface area (Å²) in [5, 5.41) is 0. The first-order valence-electron chi connectivity index (χ1n) is 4.45. The molecule has 1 aliphatic carbocycles. The molecule has 1 rings (SSSR count). The Hall–Kier alpha value is -1.04. The number of allylic oxidation sites excluding steroid dienone is 8. The van der Waals surface area contributed by atoms with Crippen LogP contribution >= 0.6 is 0 Å². The molecule has 63 valence electrons. The molecule has 0 aromatic heterocycles. The zero-order valence-corrected chi connectivity index (χ0v) is 7.32. The highest BCUT2D eigenvalue weighted by atomic mass is 13.8. The molecule has 0 saturated heterocycles. The predicted octanol–water partition coefficient (Wildman–Crippen LogP) is 3.60. The van der Waals surface area contributed by atoms with Crippen LogP contribution in [0.15, 0.2) is 48.6 Å². The highest BCUT2D eigenvalue weighted by molar-refractivity contribution is 5.10. The Labute approximate surface area is 75.0 Å². The summed E-state index contributed by atoms with van der Waals surface area (Å²) in [6.45, 7) is 0. The van der Waals surface area contributed by atoms with Gasteiger partial charge in [-0.2, -0.15) is 0 Å². The van der Waals surface area contributed by atoms with Gasteiger partial charge in [0.1, 0.15) is 0 Å². The van der Waals surface area contributed by atoms with E-state index in [0.717, 1.165) is 19.3 Å². The first-order valence-corrected chi connectivity index (χ1v) is 4.45. The summed E-state index contributed by atoms with van der Waals surface area (Å²) < 4.78 is 0. The van der Waals surface area contributed by atoms with Crippen molar-refractivity contribution >= 4 is 0 Å². The van der Waals surface area contributed by atoms with Crippen molar-refractivity contribution in [3.05, 3.63) is 55.0 Å². The summed E-state index contributed by atoms with van der Waals surface area (Å²) in [6.07, 6.45) is 22.5. The normalized spacial score (nSPS) is 29.3. The van der Waals surface area contributed by atoms with Crippen molar-refractivity contribution in [2.75, 3.05) is 0 Å². The van der Waals surface area contributed by atoms with Crippen molar-refractivity contribution in [1.29, 1.82) is 0 Å². The molecule has 0 aliphatic heterocycles. The van der Waals surface area contributed by atoms with Crippen molar-refractivity contribution in [3.8, 4) is 0 Å². The van der Waals surface area contributed by atoms with Crippen molar-refractivity contribution in [1.82, 2.24) is 0 Å². The molecule has 0 heteroatoms. The molecule has 0 atom stereocenters. The third-order valence-electron chi connectivity index (χ3n) is 1.64. The minimum absolute atomic E-state index is 1.03. The quantitative estimate of drug-likeness (QED) is 0.474. The SMILES string of the molecule is [CH]1/C=C\C/C=C\C/C=C/C=C\C1. The molecule has 12 heavy (non-hydrogen) atoms. The van der Waals surface area contributed by atoms with E-state index in [4.69, 9.17) is 0 Å². The third kappa shape index (κ3) is 4.73. The lowest BCUT2D eigenvalue weighted by Crippen LogP contribution is -1.68. The molecular weight excluding hydrogens is 144 g/mol. The lowest BCUT2D eigenvalue weighted by atomic mass is 10.2. The molecule has 0 aromatic carbocycles. The predicted molar refractivity (Wildman–Crippen MR) is 54.7 cm³/mol. The second-order valence-electron chi connectivity index (χ2n) is 2.70. The molecule has 1 radical (unpaired) electrons. The van der Waals surface area contributed by atoms with Gasteiger partial charge in [0.25, 0.3) is 0 Å². The summed E-state index contributed by atoms with van der Waals surface area (Å²) in [7, 11) is 0. The molecule has 0 N–H and O–H groups in total. The first kappa shape index (κ1) is 9.05. The molecule has 0 heterocycles. The molecule has 0 saturated carbocycles. The summed E-state index contributed by atoms with van der Waals surface area (Å²) >= 11 is 0. The van der Waals surface area contributed by atoms with E-state index in [-0.39, 0.29) is 0 Å². The van der Waals surface area contributed by atoms with E-state index in [0.29, 0.717) is 0 Å². The fraction of sp³-hybridized carbons (Fsp3) is 0.250. The van der Waals surface area contributed by atoms with Crippen molar-refractivity contribution in [2.24, 2.45) is 0 Å². The van der Waals surface area contributed by atoms with E-state index in [1.165, 1.54) is 0 Å². The van der Waals surface area contributed by atoms with E-state index < -0.39 is 0 Å². The minimum atomic E-state index is 1.03. The average Bonchev–Trinajstić information content (AvgIpc) is 2.05. The Morgan fingerprint density at radius 1 is 0.500 bits per heavy atom. The second kappa shape index (κ2) is 6.66. The fourth-order valence-electron chi connectivity index (χ4n) is 0.996. The van der Waals surface area contributed by atoms with E-state index in [9.17, 15) is 0 Å². The van der Waals surface area contributed by atoms with Gasteiger partial charge in [-0.15, -0.1) is 0 Å². The molecule has 0 amide bonds. The Balaban J connectivity index is 2.41. The monoisotopic (exact) mass is 159 g/mol. The Bertz CT molecular complexity index is 204. The zero-order valence-electron chi connectivity index (χ0n) is 7.32. The molecule has 1 aliphatic rings. The van der Waals surface area contributed by atoms with E-state index in [1.807, 2.05) is 0 Å². The Morgan fingerprint density at radius 2 is 1.08 bits per heavy atom. The summed E-state index contributed by atoms with van der Waals surface area (Å²) in [5.74, 6) is 0. The van der Waals surface area contributed by atoms with Crippen LogP contribution in [0.25, 0.3) is 0 Å². The molecule has 0 unspecified atom stereocenters. The fourth-order valence-corrected chi connectivity index (χ4v) is 0.996. The van der Waals surface area contributed by atoms with Crippen LogP contribution in [0.1, 0.15) is 19.3 Å². The second-order valence-corrected chi connectivity index (χ2v) is 2.70. The van der Waals surface area contributed by atoms with Crippen LogP contribution < -0.4 is 0 Å². The van der Waals surface area contributed by atoms with Gasteiger partial charge in [0.15, 0.2) is 0 Å². The van der Waals surface area contributed by atoms with Gasteiger partial charge in [0.05, 0.1) is 0 Å². The van der Waals surface area contributed by atoms with Gasteiger partial charge in [-0.05, 0) is 25.7 Å². The summed E-state index contributed by atoms with van der Waals surface area (Å²) in [6, 6.07) is 0. The maximum atomic E-state index is 2.19. The molecule has 0 spiro atoms. The van der Waals surface area contributed by atoms with Gasteiger partial charge in [-0.1, -0.05) is 48.6 Å². The number of hydrogen-bond donors (Lipinski definition) is 0. The third-order valence-corrected chi connectivity index (χ3v) is 1.64. The Morgan fingerprint density at radius 3 is 1.83 bits per heavy atom. The van der Waals surface area contributed by atoms with Gasteiger partial charge in [0, 0.05) is 0 Å². The van der Waals surface area contributed by atoms with E-state index in [2.05, 4.69) is 55.0 Å².